The van der Waals surface area contributed by atoms with Gasteiger partial charge in [0.05, 0.1) is 19.1 Å². The van der Waals surface area contributed by atoms with Crippen molar-refractivity contribution >= 4 is 45.7 Å². The lowest BCUT2D eigenvalue weighted by Gasteiger charge is -2.17. The van der Waals surface area contributed by atoms with Crippen molar-refractivity contribution < 1.29 is 0 Å². The molecule has 4 heteroatoms. The summed E-state index contributed by atoms with van der Waals surface area (Å²) >= 11 is 1.80. The van der Waals surface area contributed by atoms with Crippen molar-refractivity contribution in [1.82, 2.24) is 9.55 Å². The number of para-hydroxylation sites is 2. The zero-order valence-electron chi connectivity index (χ0n) is 19.6. The van der Waals surface area contributed by atoms with Crippen molar-refractivity contribution in [1.29, 1.82) is 0 Å². The molecule has 0 aliphatic rings. The van der Waals surface area contributed by atoms with Gasteiger partial charge in [0.15, 0.2) is 0 Å². The Morgan fingerprint density at radius 1 is 0.735 bits per heavy atom. The fourth-order valence-electron chi connectivity index (χ4n) is 4.57. The number of thiophene rings is 1. The maximum atomic E-state index is 5.14. The molecule has 0 atom stereocenters. The Morgan fingerprint density at radius 2 is 1.44 bits per heavy atom. The first-order valence-corrected chi connectivity index (χ1v) is 16.0. The number of hydrogen-bond donors (Lipinski definition) is 0. The Labute approximate surface area is 205 Å². The molecule has 0 saturated heterocycles. The fraction of sp³-hybridized carbons (Fsp3) is 0.100. The maximum absolute atomic E-state index is 5.14. The van der Waals surface area contributed by atoms with Crippen LogP contribution in [0.5, 0.6) is 0 Å². The lowest BCUT2D eigenvalue weighted by atomic mass is 10.1. The molecular formula is C30H26N2SSi. The third-order valence-corrected chi connectivity index (χ3v) is 9.48. The highest BCUT2D eigenvalue weighted by atomic mass is 32.1. The van der Waals surface area contributed by atoms with Crippen LogP contribution in [0.4, 0.5) is 0 Å². The van der Waals surface area contributed by atoms with Crippen LogP contribution >= 0.6 is 11.3 Å². The van der Waals surface area contributed by atoms with Gasteiger partial charge in [0.2, 0.25) is 0 Å². The molecule has 6 aromatic rings. The van der Waals surface area contributed by atoms with E-state index >= 15 is 0 Å². The highest BCUT2D eigenvalue weighted by Crippen LogP contribution is 2.37. The molecule has 0 amide bonds. The molecule has 6 rings (SSSR count). The summed E-state index contributed by atoms with van der Waals surface area (Å²) < 4.78 is 3.63. The second-order valence-corrected chi connectivity index (χ2v) is 15.8. The van der Waals surface area contributed by atoms with Crippen molar-refractivity contribution in [2.24, 2.45) is 0 Å². The van der Waals surface area contributed by atoms with Crippen LogP contribution in [-0.4, -0.2) is 17.6 Å². The van der Waals surface area contributed by atoms with Crippen molar-refractivity contribution in [2.45, 2.75) is 19.6 Å². The minimum Gasteiger partial charge on any atom is -0.292 e. The molecular weight excluding hydrogens is 448 g/mol. The normalized spacial score (nSPS) is 12.0. The van der Waals surface area contributed by atoms with Crippen molar-refractivity contribution in [3.8, 4) is 28.2 Å². The smallest absolute Gasteiger partial charge is 0.147 e. The molecule has 2 aromatic heterocycles. The number of rotatable bonds is 4. The molecule has 0 radical (unpaired) electrons. The van der Waals surface area contributed by atoms with Gasteiger partial charge in [0.1, 0.15) is 5.82 Å². The minimum atomic E-state index is -1.42. The molecule has 0 N–H and O–H groups in total. The monoisotopic (exact) mass is 474 g/mol. The molecule has 0 spiro atoms. The highest BCUT2D eigenvalue weighted by Gasteiger charge is 2.21. The van der Waals surface area contributed by atoms with Gasteiger partial charge in [-0.1, -0.05) is 91.6 Å². The van der Waals surface area contributed by atoms with E-state index in [0.29, 0.717) is 0 Å². The van der Waals surface area contributed by atoms with Gasteiger partial charge in [0, 0.05) is 26.7 Å². The van der Waals surface area contributed by atoms with Crippen molar-refractivity contribution in [3.63, 3.8) is 0 Å². The van der Waals surface area contributed by atoms with E-state index < -0.39 is 8.07 Å². The Morgan fingerprint density at radius 3 is 2.21 bits per heavy atom. The maximum Gasteiger partial charge on any atom is 0.147 e. The van der Waals surface area contributed by atoms with Gasteiger partial charge < -0.3 is 0 Å². The number of imidazole rings is 1. The number of fused-ring (bicyclic) bond motifs is 2. The van der Waals surface area contributed by atoms with Gasteiger partial charge in [-0.05, 0) is 41.5 Å². The van der Waals surface area contributed by atoms with Crippen LogP contribution in [0.25, 0.3) is 49.3 Å². The standard InChI is InChI=1S/C30H26N2SSi/c1-34(2,3)24-17-18-29-25(19-24)26(20-33-29)30-31-27-11-7-8-12-28(27)32(30)23-15-13-22(14-16-23)21-9-5-4-6-10-21/h4-20H,1-3H3. The van der Waals surface area contributed by atoms with E-state index in [0.717, 1.165) is 22.5 Å². The average Bonchev–Trinajstić information content (AvgIpc) is 3.45. The third kappa shape index (κ3) is 3.60. The van der Waals surface area contributed by atoms with E-state index in [1.54, 1.807) is 11.3 Å². The van der Waals surface area contributed by atoms with E-state index in [4.69, 9.17) is 4.98 Å². The summed E-state index contributed by atoms with van der Waals surface area (Å²) in [5, 5.41) is 5.06. The van der Waals surface area contributed by atoms with Crippen LogP contribution in [0.3, 0.4) is 0 Å². The molecule has 2 heterocycles. The zero-order chi connectivity index (χ0) is 23.3. The van der Waals surface area contributed by atoms with Crippen molar-refractivity contribution in [3.05, 3.63) is 102 Å². The SMILES string of the molecule is C[Si](C)(C)c1ccc2scc(-c3nc4ccccc4n3-c3ccc(-c4ccccc4)cc3)c2c1. The minimum absolute atomic E-state index is 1.01. The molecule has 2 nitrogen and oxygen atoms in total. The van der Waals surface area contributed by atoms with Crippen LogP contribution < -0.4 is 5.19 Å². The Kier molecular flexibility index (Phi) is 5.01. The zero-order valence-corrected chi connectivity index (χ0v) is 21.4. The third-order valence-electron chi connectivity index (χ3n) is 6.47. The van der Waals surface area contributed by atoms with Crippen LogP contribution in [0.2, 0.25) is 19.6 Å². The molecule has 0 bridgehead atoms. The van der Waals surface area contributed by atoms with Gasteiger partial charge in [-0.15, -0.1) is 11.3 Å². The number of benzene rings is 4. The van der Waals surface area contributed by atoms with Gasteiger partial charge in [-0.2, -0.15) is 0 Å². The van der Waals surface area contributed by atoms with Crippen molar-refractivity contribution in [2.75, 3.05) is 0 Å². The summed E-state index contributed by atoms with van der Waals surface area (Å²) in [5.41, 5.74) is 6.94. The summed E-state index contributed by atoms with van der Waals surface area (Å²) in [6.07, 6.45) is 0. The first-order chi connectivity index (χ1) is 16.5. The molecule has 0 aliphatic carbocycles. The topological polar surface area (TPSA) is 17.8 Å². The quantitative estimate of drug-likeness (QED) is 0.236. The molecule has 0 fully saturated rings. The van der Waals surface area contributed by atoms with Gasteiger partial charge >= 0.3 is 0 Å². The molecule has 0 saturated carbocycles. The van der Waals surface area contributed by atoms with E-state index in [-0.39, 0.29) is 0 Å². The lowest BCUT2D eigenvalue weighted by Crippen LogP contribution is -2.37. The molecule has 0 unspecified atom stereocenters. The Balaban J connectivity index is 1.56. The first kappa shape index (κ1) is 21.1. The predicted octanol–water partition coefficient (Wildman–Crippen LogP) is 8.12. The summed E-state index contributed by atoms with van der Waals surface area (Å²) in [5.74, 6) is 1.01. The summed E-state index contributed by atoms with van der Waals surface area (Å²) in [4.78, 5) is 5.14. The van der Waals surface area contributed by atoms with E-state index in [1.165, 1.54) is 32.0 Å². The van der Waals surface area contributed by atoms with Crippen LogP contribution in [0.1, 0.15) is 0 Å². The second kappa shape index (κ2) is 8.08. The summed E-state index contributed by atoms with van der Waals surface area (Å²) in [6, 6.07) is 34.8. The number of hydrogen-bond acceptors (Lipinski definition) is 2. The summed E-state index contributed by atoms with van der Waals surface area (Å²) in [6.45, 7) is 7.22. The number of aromatic nitrogens is 2. The first-order valence-electron chi connectivity index (χ1n) is 11.6. The van der Waals surface area contributed by atoms with Gasteiger partial charge in [-0.25, -0.2) is 4.98 Å². The van der Waals surface area contributed by atoms with Crippen LogP contribution in [0, 0.1) is 0 Å². The van der Waals surface area contributed by atoms with E-state index in [2.05, 4.69) is 127 Å². The predicted molar refractivity (Wildman–Crippen MR) is 150 cm³/mol. The van der Waals surface area contributed by atoms with Crippen LogP contribution in [-0.2, 0) is 0 Å². The molecule has 4 aromatic carbocycles. The van der Waals surface area contributed by atoms with Crippen LogP contribution in [0.15, 0.2) is 102 Å². The number of nitrogens with zero attached hydrogens (tertiary/aromatic N) is 2. The van der Waals surface area contributed by atoms with Gasteiger partial charge in [-0.3, -0.25) is 4.57 Å². The van der Waals surface area contributed by atoms with E-state index in [9.17, 15) is 0 Å². The Hall–Kier alpha value is -3.47. The van der Waals surface area contributed by atoms with Gasteiger partial charge in [0.25, 0.3) is 0 Å². The average molecular weight is 475 g/mol. The molecule has 0 aliphatic heterocycles. The lowest BCUT2D eigenvalue weighted by molar-refractivity contribution is 1.11. The summed E-state index contributed by atoms with van der Waals surface area (Å²) in [7, 11) is -1.42. The molecule has 34 heavy (non-hydrogen) atoms. The largest absolute Gasteiger partial charge is 0.292 e. The Bertz CT molecular complexity index is 1620. The highest BCUT2D eigenvalue weighted by molar-refractivity contribution is 7.17. The fourth-order valence-corrected chi connectivity index (χ4v) is 6.65. The van der Waals surface area contributed by atoms with E-state index in [1.807, 2.05) is 0 Å². The second-order valence-electron chi connectivity index (χ2n) is 9.78. The molecule has 166 valence electrons.